The summed E-state index contributed by atoms with van der Waals surface area (Å²) in [5.41, 5.74) is 3.04. The third-order valence-electron chi connectivity index (χ3n) is 5.23. The van der Waals surface area contributed by atoms with Crippen LogP contribution >= 0.6 is 0 Å². The van der Waals surface area contributed by atoms with Gasteiger partial charge in [-0.15, -0.1) is 0 Å². The molecule has 0 saturated heterocycles. The molecule has 1 aromatic carbocycles. The van der Waals surface area contributed by atoms with Gasteiger partial charge in [0, 0.05) is 24.3 Å². The first-order chi connectivity index (χ1) is 10.4. The van der Waals surface area contributed by atoms with E-state index in [-0.39, 0.29) is 0 Å². The Labute approximate surface area is 129 Å². The van der Waals surface area contributed by atoms with Crippen LogP contribution in [-0.4, -0.2) is 19.1 Å². The number of benzene rings is 1. The molecule has 2 nitrogen and oxygen atoms in total. The second kappa shape index (κ2) is 7.31. The number of rotatable bonds is 3. The Bertz CT molecular complexity index is 435. The molecule has 1 heterocycles. The molecule has 1 atom stereocenters. The van der Waals surface area contributed by atoms with Crippen molar-refractivity contribution in [2.75, 3.05) is 18.0 Å². The lowest BCUT2D eigenvalue weighted by molar-refractivity contribution is 0.494. The van der Waals surface area contributed by atoms with Gasteiger partial charge in [-0.2, -0.15) is 0 Å². The lowest BCUT2D eigenvalue weighted by Crippen LogP contribution is -2.35. The number of nitrogens with zero attached hydrogens (tertiary/aromatic N) is 1. The van der Waals surface area contributed by atoms with Crippen molar-refractivity contribution in [3.05, 3.63) is 29.8 Å². The van der Waals surface area contributed by atoms with Gasteiger partial charge < -0.3 is 10.2 Å². The van der Waals surface area contributed by atoms with Gasteiger partial charge >= 0.3 is 0 Å². The van der Waals surface area contributed by atoms with E-state index >= 15 is 0 Å². The second-order valence-electron chi connectivity index (χ2n) is 6.65. The molecule has 1 unspecified atom stereocenters. The zero-order valence-corrected chi connectivity index (χ0v) is 13.5. The van der Waals surface area contributed by atoms with Gasteiger partial charge in [0.25, 0.3) is 0 Å². The molecule has 116 valence electrons. The standard InChI is InChI=1S/C19H30N2/c1-2-20-18-13-9-15-21(16-10-5-3-4-6-11-16)19-14-8-7-12-17(18)19/h7-8,12,14,16,18,20H,2-6,9-11,13,15H2,1H3. The summed E-state index contributed by atoms with van der Waals surface area (Å²) in [5, 5.41) is 3.69. The molecule has 1 fully saturated rings. The molecule has 0 amide bonds. The number of hydrogen-bond acceptors (Lipinski definition) is 2. The monoisotopic (exact) mass is 286 g/mol. The van der Waals surface area contributed by atoms with Gasteiger partial charge in [0.2, 0.25) is 0 Å². The minimum atomic E-state index is 0.543. The molecular weight excluding hydrogens is 256 g/mol. The van der Waals surface area contributed by atoms with E-state index in [1.165, 1.54) is 69.2 Å². The molecule has 0 aromatic heterocycles. The van der Waals surface area contributed by atoms with Gasteiger partial charge in [-0.1, -0.05) is 50.8 Å². The molecule has 0 spiro atoms. The Balaban J connectivity index is 1.88. The van der Waals surface area contributed by atoms with Crippen LogP contribution in [0.15, 0.2) is 24.3 Å². The summed E-state index contributed by atoms with van der Waals surface area (Å²) in [6.45, 7) is 4.52. The zero-order valence-electron chi connectivity index (χ0n) is 13.5. The first-order valence-electron chi connectivity index (χ1n) is 8.99. The maximum Gasteiger partial charge on any atom is 0.0417 e. The number of hydrogen-bond donors (Lipinski definition) is 1. The molecule has 1 aromatic rings. The largest absolute Gasteiger partial charge is 0.368 e. The summed E-state index contributed by atoms with van der Waals surface area (Å²) in [7, 11) is 0. The fraction of sp³-hybridized carbons (Fsp3) is 0.684. The zero-order chi connectivity index (χ0) is 14.5. The molecule has 0 radical (unpaired) electrons. The van der Waals surface area contributed by atoms with Crippen molar-refractivity contribution >= 4 is 5.69 Å². The molecular formula is C19H30N2. The van der Waals surface area contributed by atoms with Crippen LogP contribution in [0.1, 0.15) is 69.9 Å². The van der Waals surface area contributed by atoms with Crippen LogP contribution in [0.2, 0.25) is 0 Å². The molecule has 1 saturated carbocycles. The molecule has 21 heavy (non-hydrogen) atoms. The number of anilines is 1. The normalized spacial score (nSPS) is 24.2. The average molecular weight is 286 g/mol. The Morgan fingerprint density at radius 2 is 1.76 bits per heavy atom. The van der Waals surface area contributed by atoms with Crippen LogP contribution in [0.4, 0.5) is 5.69 Å². The van der Waals surface area contributed by atoms with Crippen LogP contribution in [0.5, 0.6) is 0 Å². The van der Waals surface area contributed by atoms with Crippen molar-refractivity contribution in [2.24, 2.45) is 0 Å². The van der Waals surface area contributed by atoms with E-state index in [1.807, 2.05) is 0 Å². The van der Waals surface area contributed by atoms with Gasteiger partial charge in [0.15, 0.2) is 0 Å². The molecule has 1 aliphatic carbocycles. The molecule has 2 aliphatic rings. The van der Waals surface area contributed by atoms with Crippen LogP contribution in [0, 0.1) is 0 Å². The summed E-state index contributed by atoms with van der Waals surface area (Å²) >= 11 is 0. The van der Waals surface area contributed by atoms with Crippen LogP contribution in [0.25, 0.3) is 0 Å². The summed E-state index contributed by atoms with van der Waals surface area (Å²) in [4.78, 5) is 2.75. The molecule has 1 aliphatic heterocycles. The Morgan fingerprint density at radius 3 is 2.52 bits per heavy atom. The Morgan fingerprint density at radius 1 is 1.00 bits per heavy atom. The van der Waals surface area contributed by atoms with Crippen molar-refractivity contribution in [3.63, 3.8) is 0 Å². The van der Waals surface area contributed by atoms with E-state index in [9.17, 15) is 0 Å². The van der Waals surface area contributed by atoms with Gasteiger partial charge in [0.1, 0.15) is 0 Å². The molecule has 2 heteroatoms. The van der Waals surface area contributed by atoms with Gasteiger partial charge in [-0.3, -0.25) is 0 Å². The number of para-hydroxylation sites is 1. The Kier molecular flexibility index (Phi) is 5.18. The van der Waals surface area contributed by atoms with Crippen LogP contribution in [0.3, 0.4) is 0 Å². The predicted molar refractivity (Wildman–Crippen MR) is 90.9 cm³/mol. The summed E-state index contributed by atoms with van der Waals surface area (Å²) in [5.74, 6) is 0. The smallest absolute Gasteiger partial charge is 0.0417 e. The van der Waals surface area contributed by atoms with Crippen molar-refractivity contribution in [1.29, 1.82) is 0 Å². The van der Waals surface area contributed by atoms with Crippen molar-refractivity contribution in [2.45, 2.75) is 70.4 Å². The van der Waals surface area contributed by atoms with E-state index in [4.69, 9.17) is 0 Å². The second-order valence-corrected chi connectivity index (χ2v) is 6.65. The van der Waals surface area contributed by atoms with Crippen molar-refractivity contribution in [1.82, 2.24) is 5.32 Å². The van der Waals surface area contributed by atoms with E-state index in [1.54, 1.807) is 0 Å². The summed E-state index contributed by atoms with van der Waals surface area (Å²) in [6, 6.07) is 10.4. The highest BCUT2D eigenvalue weighted by molar-refractivity contribution is 5.56. The van der Waals surface area contributed by atoms with E-state index in [2.05, 4.69) is 41.4 Å². The van der Waals surface area contributed by atoms with Crippen molar-refractivity contribution in [3.8, 4) is 0 Å². The minimum Gasteiger partial charge on any atom is -0.368 e. The maximum absolute atomic E-state index is 3.69. The third kappa shape index (κ3) is 3.42. The van der Waals surface area contributed by atoms with Crippen LogP contribution in [-0.2, 0) is 0 Å². The van der Waals surface area contributed by atoms with Gasteiger partial charge in [-0.25, -0.2) is 0 Å². The van der Waals surface area contributed by atoms with Gasteiger partial charge in [0.05, 0.1) is 0 Å². The highest BCUT2D eigenvalue weighted by Gasteiger charge is 2.27. The summed E-state index contributed by atoms with van der Waals surface area (Å²) in [6.07, 6.45) is 11.1. The summed E-state index contributed by atoms with van der Waals surface area (Å²) < 4.78 is 0. The highest BCUT2D eigenvalue weighted by atomic mass is 15.2. The quantitative estimate of drug-likeness (QED) is 0.813. The van der Waals surface area contributed by atoms with E-state index in [0.29, 0.717) is 6.04 Å². The number of fused-ring (bicyclic) bond motifs is 1. The van der Waals surface area contributed by atoms with E-state index < -0.39 is 0 Å². The SMILES string of the molecule is CCNC1CCCN(C2CCCCCC2)c2ccccc21. The molecule has 0 bridgehead atoms. The van der Waals surface area contributed by atoms with Gasteiger partial charge in [-0.05, 0) is 43.9 Å². The predicted octanol–water partition coefficient (Wildman–Crippen LogP) is 4.66. The third-order valence-corrected chi connectivity index (χ3v) is 5.23. The number of nitrogens with one attached hydrogen (secondary N) is 1. The minimum absolute atomic E-state index is 0.543. The topological polar surface area (TPSA) is 15.3 Å². The lowest BCUT2D eigenvalue weighted by atomic mass is 10.0. The first-order valence-corrected chi connectivity index (χ1v) is 8.99. The fourth-order valence-electron chi connectivity index (χ4n) is 4.19. The van der Waals surface area contributed by atoms with E-state index in [0.717, 1.165) is 12.6 Å². The van der Waals surface area contributed by atoms with Crippen LogP contribution < -0.4 is 10.2 Å². The lowest BCUT2D eigenvalue weighted by Gasteiger charge is -2.34. The highest BCUT2D eigenvalue weighted by Crippen LogP contribution is 2.36. The molecule has 1 N–H and O–H groups in total. The fourth-order valence-corrected chi connectivity index (χ4v) is 4.19. The van der Waals surface area contributed by atoms with Crippen molar-refractivity contribution < 1.29 is 0 Å². The first kappa shape index (κ1) is 14.9. The maximum atomic E-state index is 3.69. The molecule has 3 rings (SSSR count). The Hall–Kier alpha value is -1.02. The average Bonchev–Trinajstić information content (AvgIpc) is 2.87.